The average molecular weight is 392 g/mol. The Bertz CT molecular complexity index is 1060. The van der Waals surface area contributed by atoms with Crippen molar-refractivity contribution in [3.63, 3.8) is 0 Å². The van der Waals surface area contributed by atoms with Crippen LogP contribution in [0, 0.1) is 6.92 Å². The molecule has 1 aromatic heterocycles. The number of nitrogens with zero attached hydrogens (tertiary/aromatic N) is 2. The fourth-order valence-electron chi connectivity index (χ4n) is 3.71. The minimum absolute atomic E-state index is 0.0139. The van der Waals surface area contributed by atoms with Crippen LogP contribution in [-0.4, -0.2) is 43.2 Å². The predicted octanol–water partition coefficient (Wildman–Crippen LogP) is 3.52. The molecule has 150 valence electrons. The number of benzene rings is 2. The van der Waals surface area contributed by atoms with Crippen molar-refractivity contribution in [2.45, 2.75) is 19.9 Å². The summed E-state index contributed by atoms with van der Waals surface area (Å²) in [5, 5.41) is 2.10. The number of fused-ring (bicyclic) bond motifs is 2. The SMILES string of the molecule is COc1cc2c(cc1OC)CN(C(=O)COc1cc3ccncc3cc1C)CC2. The molecule has 0 bridgehead atoms. The van der Waals surface area contributed by atoms with Crippen molar-refractivity contribution < 1.29 is 19.0 Å². The van der Waals surface area contributed by atoms with Crippen LogP contribution in [0.3, 0.4) is 0 Å². The summed E-state index contributed by atoms with van der Waals surface area (Å²) in [5.41, 5.74) is 3.25. The van der Waals surface area contributed by atoms with E-state index in [0.717, 1.165) is 39.8 Å². The van der Waals surface area contributed by atoms with Gasteiger partial charge in [0.1, 0.15) is 5.75 Å². The van der Waals surface area contributed by atoms with E-state index in [0.29, 0.717) is 18.8 Å². The molecule has 0 fully saturated rings. The summed E-state index contributed by atoms with van der Waals surface area (Å²) in [7, 11) is 3.25. The van der Waals surface area contributed by atoms with Crippen LogP contribution in [0.25, 0.3) is 10.8 Å². The summed E-state index contributed by atoms with van der Waals surface area (Å²) < 4.78 is 16.6. The lowest BCUT2D eigenvalue weighted by molar-refractivity contribution is -0.134. The fourth-order valence-corrected chi connectivity index (χ4v) is 3.71. The molecular weight excluding hydrogens is 368 g/mol. The smallest absolute Gasteiger partial charge is 0.260 e. The van der Waals surface area contributed by atoms with Gasteiger partial charge in [0.15, 0.2) is 18.1 Å². The quantitative estimate of drug-likeness (QED) is 0.665. The van der Waals surface area contributed by atoms with Gasteiger partial charge in [0.2, 0.25) is 0 Å². The van der Waals surface area contributed by atoms with Gasteiger partial charge in [-0.25, -0.2) is 0 Å². The molecule has 3 aromatic rings. The maximum Gasteiger partial charge on any atom is 0.260 e. The van der Waals surface area contributed by atoms with Crippen molar-refractivity contribution in [3.05, 3.63) is 59.4 Å². The summed E-state index contributed by atoms with van der Waals surface area (Å²) in [6.45, 7) is 3.19. The van der Waals surface area contributed by atoms with E-state index in [4.69, 9.17) is 14.2 Å². The molecular formula is C23H24N2O4. The largest absolute Gasteiger partial charge is 0.493 e. The van der Waals surface area contributed by atoms with Gasteiger partial charge in [0.25, 0.3) is 5.91 Å². The molecule has 0 saturated carbocycles. The summed E-state index contributed by atoms with van der Waals surface area (Å²) >= 11 is 0. The van der Waals surface area contributed by atoms with E-state index in [1.165, 1.54) is 5.56 Å². The van der Waals surface area contributed by atoms with Gasteiger partial charge >= 0.3 is 0 Å². The van der Waals surface area contributed by atoms with E-state index in [1.807, 2.05) is 48.4 Å². The minimum atomic E-state index is -0.0281. The third kappa shape index (κ3) is 3.83. The van der Waals surface area contributed by atoms with E-state index in [-0.39, 0.29) is 12.5 Å². The number of ether oxygens (including phenoxy) is 3. The first kappa shape index (κ1) is 19.1. The molecule has 2 heterocycles. The number of pyridine rings is 1. The Labute approximate surface area is 170 Å². The molecule has 0 saturated heterocycles. The van der Waals surface area contributed by atoms with Crippen LogP contribution in [0.15, 0.2) is 42.7 Å². The third-order valence-corrected chi connectivity index (χ3v) is 5.36. The molecule has 2 aromatic carbocycles. The third-order valence-electron chi connectivity index (χ3n) is 5.36. The minimum Gasteiger partial charge on any atom is -0.493 e. The van der Waals surface area contributed by atoms with E-state index in [9.17, 15) is 4.79 Å². The van der Waals surface area contributed by atoms with Crippen LogP contribution in [0.5, 0.6) is 17.2 Å². The number of hydrogen-bond donors (Lipinski definition) is 0. The molecule has 0 spiro atoms. The molecule has 1 aliphatic rings. The zero-order valence-corrected chi connectivity index (χ0v) is 16.9. The van der Waals surface area contributed by atoms with Crippen molar-refractivity contribution in [3.8, 4) is 17.2 Å². The van der Waals surface area contributed by atoms with E-state index in [1.54, 1.807) is 20.4 Å². The van der Waals surface area contributed by atoms with Crippen LogP contribution in [0.1, 0.15) is 16.7 Å². The normalized spacial score (nSPS) is 13.1. The Morgan fingerprint density at radius 3 is 2.55 bits per heavy atom. The Morgan fingerprint density at radius 1 is 1.03 bits per heavy atom. The molecule has 0 aliphatic carbocycles. The van der Waals surface area contributed by atoms with Gasteiger partial charge in [-0.15, -0.1) is 0 Å². The fraction of sp³-hybridized carbons (Fsp3) is 0.304. The van der Waals surface area contributed by atoms with Crippen LogP contribution < -0.4 is 14.2 Å². The van der Waals surface area contributed by atoms with Crippen molar-refractivity contribution >= 4 is 16.7 Å². The number of aromatic nitrogens is 1. The highest BCUT2D eigenvalue weighted by Gasteiger charge is 2.23. The lowest BCUT2D eigenvalue weighted by Crippen LogP contribution is -2.38. The van der Waals surface area contributed by atoms with Crippen molar-refractivity contribution in [2.24, 2.45) is 0 Å². The average Bonchev–Trinajstić information content (AvgIpc) is 2.75. The van der Waals surface area contributed by atoms with Gasteiger partial charge in [-0.05, 0) is 65.8 Å². The highest BCUT2D eigenvalue weighted by molar-refractivity contribution is 5.84. The number of carbonyl (C=O) groups is 1. The van der Waals surface area contributed by atoms with E-state index < -0.39 is 0 Å². The first-order valence-corrected chi connectivity index (χ1v) is 9.57. The highest BCUT2D eigenvalue weighted by Crippen LogP contribution is 2.33. The maximum absolute atomic E-state index is 12.8. The molecule has 0 unspecified atom stereocenters. The number of aryl methyl sites for hydroxylation is 1. The molecule has 1 aliphatic heterocycles. The molecule has 0 radical (unpaired) electrons. The van der Waals surface area contributed by atoms with Gasteiger partial charge < -0.3 is 19.1 Å². The summed E-state index contributed by atoms with van der Waals surface area (Å²) in [6.07, 6.45) is 4.36. The predicted molar refractivity (Wildman–Crippen MR) is 111 cm³/mol. The maximum atomic E-state index is 12.8. The van der Waals surface area contributed by atoms with E-state index in [2.05, 4.69) is 4.98 Å². The summed E-state index contributed by atoms with van der Waals surface area (Å²) in [5.74, 6) is 2.09. The standard InChI is InChI=1S/C23H24N2O4/c1-15-8-18-12-24-6-4-16(18)9-20(15)29-14-23(26)25-7-5-17-10-21(27-2)22(28-3)11-19(17)13-25/h4,6,8-12H,5,7,13-14H2,1-3H3. The first-order valence-electron chi connectivity index (χ1n) is 9.57. The first-order chi connectivity index (χ1) is 14.1. The zero-order valence-electron chi connectivity index (χ0n) is 16.9. The Kier molecular flexibility index (Phi) is 5.25. The second-order valence-corrected chi connectivity index (χ2v) is 7.17. The van der Waals surface area contributed by atoms with Crippen LogP contribution >= 0.6 is 0 Å². The molecule has 0 atom stereocenters. The number of amides is 1. The van der Waals surface area contributed by atoms with Gasteiger partial charge in [-0.3, -0.25) is 9.78 Å². The zero-order chi connectivity index (χ0) is 20.4. The number of rotatable bonds is 5. The van der Waals surface area contributed by atoms with Crippen LogP contribution in [0.2, 0.25) is 0 Å². The second kappa shape index (κ2) is 7.99. The monoisotopic (exact) mass is 392 g/mol. The number of carbonyl (C=O) groups excluding carboxylic acids is 1. The second-order valence-electron chi connectivity index (χ2n) is 7.17. The Morgan fingerprint density at radius 2 is 1.79 bits per heavy atom. The van der Waals surface area contributed by atoms with Crippen molar-refractivity contribution in [1.82, 2.24) is 9.88 Å². The van der Waals surface area contributed by atoms with Gasteiger partial charge in [-0.2, -0.15) is 0 Å². The summed E-state index contributed by atoms with van der Waals surface area (Å²) in [6, 6.07) is 9.88. The molecule has 29 heavy (non-hydrogen) atoms. The molecule has 6 nitrogen and oxygen atoms in total. The highest BCUT2D eigenvalue weighted by atomic mass is 16.5. The van der Waals surface area contributed by atoms with Crippen molar-refractivity contribution in [1.29, 1.82) is 0 Å². The Balaban J connectivity index is 1.45. The van der Waals surface area contributed by atoms with Gasteiger partial charge in [-0.1, -0.05) is 0 Å². The van der Waals surface area contributed by atoms with E-state index >= 15 is 0 Å². The molecule has 4 rings (SSSR count). The molecule has 6 heteroatoms. The number of hydrogen-bond acceptors (Lipinski definition) is 5. The Hall–Kier alpha value is -3.28. The molecule has 1 amide bonds. The lowest BCUT2D eigenvalue weighted by atomic mass is 9.99. The van der Waals surface area contributed by atoms with Crippen molar-refractivity contribution in [2.75, 3.05) is 27.4 Å². The summed E-state index contributed by atoms with van der Waals surface area (Å²) in [4.78, 5) is 18.7. The van der Waals surface area contributed by atoms with Gasteiger partial charge in [0.05, 0.1) is 14.2 Å². The van der Waals surface area contributed by atoms with Gasteiger partial charge in [0, 0.05) is 30.9 Å². The van der Waals surface area contributed by atoms with Crippen LogP contribution in [0.4, 0.5) is 0 Å². The molecule has 0 N–H and O–H groups in total. The number of methoxy groups -OCH3 is 2. The topological polar surface area (TPSA) is 60.9 Å². The van der Waals surface area contributed by atoms with Crippen LogP contribution in [-0.2, 0) is 17.8 Å². The lowest BCUT2D eigenvalue weighted by Gasteiger charge is -2.29.